The van der Waals surface area contributed by atoms with Crippen LogP contribution in [0.1, 0.15) is 23.2 Å². The summed E-state index contributed by atoms with van der Waals surface area (Å²) in [6.07, 6.45) is -0.306. The Balaban J connectivity index is 1.67. The van der Waals surface area contributed by atoms with Crippen LogP contribution in [0.25, 0.3) is 0 Å². The zero-order chi connectivity index (χ0) is 21.1. The number of pyridine rings is 1. The van der Waals surface area contributed by atoms with E-state index in [1.54, 1.807) is 0 Å². The minimum absolute atomic E-state index is 0.0251. The average molecular weight is 412 g/mol. The second kappa shape index (κ2) is 8.38. The van der Waals surface area contributed by atoms with Crippen molar-refractivity contribution in [2.75, 3.05) is 12.0 Å². The molecule has 1 fully saturated rings. The first-order valence-electron chi connectivity index (χ1n) is 9.90. The molecule has 1 aliphatic carbocycles. The highest BCUT2D eigenvalue weighted by atomic mass is 19.3. The fourth-order valence-corrected chi connectivity index (χ4v) is 3.58. The Morgan fingerprint density at radius 1 is 1.00 bits per heavy atom. The van der Waals surface area contributed by atoms with E-state index >= 15 is 0 Å². The van der Waals surface area contributed by atoms with E-state index in [1.165, 1.54) is 13.2 Å². The molecule has 30 heavy (non-hydrogen) atoms. The van der Waals surface area contributed by atoms with Crippen molar-refractivity contribution in [3.63, 3.8) is 0 Å². The number of methoxy groups -OCH3 is 1. The zero-order valence-electron chi connectivity index (χ0n) is 16.7. The van der Waals surface area contributed by atoms with Crippen molar-refractivity contribution in [3.8, 4) is 5.88 Å². The largest absolute Gasteiger partial charge is 0.480 e. The Morgan fingerprint density at radius 3 is 2.00 bits per heavy atom. The highest BCUT2D eigenvalue weighted by Gasteiger charge is 2.56. The van der Waals surface area contributed by atoms with Gasteiger partial charge in [-0.2, -0.15) is 0 Å². The number of rotatable bonds is 8. The molecule has 1 aliphatic rings. The van der Waals surface area contributed by atoms with E-state index in [4.69, 9.17) is 4.74 Å². The molecule has 1 aromatic heterocycles. The molecule has 0 saturated heterocycles. The Bertz CT molecular complexity index is 955. The van der Waals surface area contributed by atoms with Crippen molar-refractivity contribution < 1.29 is 17.9 Å². The third-order valence-electron chi connectivity index (χ3n) is 5.36. The smallest absolute Gasteiger partial charge is 0.252 e. The summed E-state index contributed by atoms with van der Waals surface area (Å²) in [5.74, 6) is -3.91. The molecule has 0 radical (unpaired) electrons. The Morgan fingerprint density at radius 2 is 1.53 bits per heavy atom. The first-order chi connectivity index (χ1) is 14.5. The van der Waals surface area contributed by atoms with Gasteiger partial charge in [-0.3, -0.25) is 0 Å². The molecule has 0 N–H and O–H groups in total. The minimum atomic E-state index is -2.72. The van der Waals surface area contributed by atoms with Crippen LogP contribution >= 0.6 is 0 Å². The fourth-order valence-electron chi connectivity index (χ4n) is 3.58. The summed E-state index contributed by atoms with van der Waals surface area (Å²) < 4.78 is 46.9. The van der Waals surface area contributed by atoms with Crippen LogP contribution in [0.15, 0.2) is 66.7 Å². The van der Waals surface area contributed by atoms with Crippen LogP contribution in [0.4, 0.5) is 18.9 Å². The molecular weight excluding hydrogens is 389 g/mol. The van der Waals surface area contributed by atoms with Crippen LogP contribution in [0, 0.1) is 11.7 Å². The number of halogens is 3. The number of alkyl halides is 2. The molecule has 2 aromatic carbocycles. The number of ether oxygens (including phenoxy) is 1. The van der Waals surface area contributed by atoms with Crippen LogP contribution in [-0.4, -0.2) is 18.0 Å². The Hall–Kier alpha value is -3.02. The van der Waals surface area contributed by atoms with Crippen molar-refractivity contribution in [1.29, 1.82) is 0 Å². The van der Waals surface area contributed by atoms with Gasteiger partial charge in [0.2, 0.25) is 5.88 Å². The minimum Gasteiger partial charge on any atom is -0.480 e. The second-order valence-electron chi connectivity index (χ2n) is 7.64. The van der Waals surface area contributed by atoms with Crippen molar-refractivity contribution >= 4 is 5.69 Å². The van der Waals surface area contributed by atoms with Gasteiger partial charge in [-0.15, -0.1) is 0 Å². The molecule has 4 rings (SSSR count). The monoisotopic (exact) mass is 412 g/mol. The van der Waals surface area contributed by atoms with Gasteiger partial charge in [-0.25, -0.2) is 18.2 Å². The van der Waals surface area contributed by atoms with E-state index in [0.29, 0.717) is 18.8 Å². The predicted octanol–water partition coefficient (Wildman–Crippen LogP) is 5.63. The number of hydrogen-bond acceptors (Lipinski definition) is 3. The van der Waals surface area contributed by atoms with Crippen LogP contribution in [-0.2, 0) is 19.5 Å². The van der Waals surface area contributed by atoms with E-state index in [0.717, 1.165) is 11.1 Å². The van der Waals surface area contributed by atoms with Crippen LogP contribution in [0.3, 0.4) is 0 Å². The van der Waals surface area contributed by atoms with Gasteiger partial charge < -0.3 is 9.64 Å². The normalized spacial score (nSPS) is 16.9. The maximum absolute atomic E-state index is 14.9. The van der Waals surface area contributed by atoms with Crippen molar-refractivity contribution in [2.45, 2.75) is 31.9 Å². The molecule has 1 saturated carbocycles. The van der Waals surface area contributed by atoms with Gasteiger partial charge in [-0.1, -0.05) is 60.7 Å². The lowest BCUT2D eigenvalue weighted by Crippen LogP contribution is -2.23. The number of nitrogens with zero attached hydrogens (tertiary/aromatic N) is 2. The third-order valence-corrected chi connectivity index (χ3v) is 5.36. The van der Waals surface area contributed by atoms with Crippen molar-refractivity contribution in [1.82, 2.24) is 4.98 Å². The van der Waals surface area contributed by atoms with E-state index in [1.807, 2.05) is 65.6 Å². The highest BCUT2D eigenvalue weighted by Crippen LogP contribution is 2.50. The van der Waals surface area contributed by atoms with Crippen LogP contribution in [0.5, 0.6) is 5.88 Å². The number of aromatic nitrogens is 1. The zero-order valence-corrected chi connectivity index (χ0v) is 16.7. The first kappa shape index (κ1) is 20.3. The topological polar surface area (TPSA) is 25.4 Å². The molecule has 156 valence electrons. The molecule has 1 heterocycles. The molecule has 6 heteroatoms. The third kappa shape index (κ3) is 4.58. The standard InChI is InChI=1S/C24H23F3N2O/c1-30-23-22(13-20(25)21(28-23)12-19-14-24(19,26)27)29(15-17-8-4-2-5-9-17)16-18-10-6-3-7-11-18/h2-11,13,19H,12,14-16H2,1H3. The molecular formula is C24H23F3N2O. The SMILES string of the molecule is COc1nc(CC2CC2(F)F)c(F)cc1N(Cc1ccccc1)Cc1ccccc1. The summed E-state index contributed by atoms with van der Waals surface area (Å²) in [6.45, 7) is 1.04. The van der Waals surface area contributed by atoms with Crippen molar-refractivity contribution in [3.05, 3.63) is 89.4 Å². The van der Waals surface area contributed by atoms with E-state index < -0.39 is 17.7 Å². The molecule has 0 aliphatic heterocycles. The van der Waals surface area contributed by atoms with Gasteiger partial charge in [0.05, 0.1) is 12.8 Å². The van der Waals surface area contributed by atoms with E-state index in [-0.39, 0.29) is 24.4 Å². The quantitative estimate of drug-likeness (QED) is 0.479. The van der Waals surface area contributed by atoms with Gasteiger partial charge in [0.1, 0.15) is 11.5 Å². The maximum Gasteiger partial charge on any atom is 0.252 e. The highest BCUT2D eigenvalue weighted by molar-refractivity contribution is 5.56. The summed E-state index contributed by atoms with van der Waals surface area (Å²) in [7, 11) is 1.46. The van der Waals surface area contributed by atoms with Crippen LogP contribution in [0.2, 0.25) is 0 Å². The first-order valence-corrected chi connectivity index (χ1v) is 9.90. The predicted molar refractivity (Wildman–Crippen MR) is 110 cm³/mol. The molecule has 3 nitrogen and oxygen atoms in total. The fraction of sp³-hybridized carbons (Fsp3) is 0.292. The summed E-state index contributed by atoms with van der Waals surface area (Å²) in [4.78, 5) is 6.25. The summed E-state index contributed by atoms with van der Waals surface area (Å²) in [6, 6.07) is 21.0. The van der Waals surface area contributed by atoms with E-state index in [9.17, 15) is 13.2 Å². The number of anilines is 1. The van der Waals surface area contributed by atoms with Gasteiger partial charge in [-0.05, 0) is 11.1 Å². The molecule has 1 atom stereocenters. The second-order valence-corrected chi connectivity index (χ2v) is 7.64. The average Bonchev–Trinajstić information content (AvgIpc) is 3.36. The Kier molecular flexibility index (Phi) is 5.66. The summed E-state index contributed by atoms with van der Waals surface area (Å²) in [5, 5.41) is 0. The van der Waals surface area contributed by atoms with Gasteiger partial charge in [0.15, 0.2) is 0 Å². The maximum atomic E-state index is 14.9. The molecule has 0 spiro atoms. The van der Waals surface area contributed by atoms with Crippen molar-refractivity contribution in [2.24, 2.45) is 5.92 Å². The lowest BCUT2D eigenvalue weighted by Gasteiger charge is -2.27. The van der Waals surface area contributed by atoms with Gasteiger partial charge in [0, 0.05) is 37.9 Å². The molecule has 0 amide bonds. The molecule has 0 bridgehead atoms. The summed E-state index contributed by atoms with van der Waals surface area (Å²) in [5.41, 5.74) is 2.63. The number of hydrogen-bond donors (Lipinski definition) is 0. The lowest BCUT2D eigenvalue weighted by atomic mass is 10.1. The lowest BCUT2D eigenvalue weighted by molar-refractivity contribution is 0.0985. The summed E-state index contributed by atoms with van der Waals surface area (Å²) >= 11 is 0. The number of benzene rings is 2. The van der Waals surface area contributed by atoms with Gasteiger partial charge >= 0.3 is 0 Å². The van der Waals surface area contributed by atoms with Gasteiger partial charge in [0.25, 0.3) is 5.92 Å². The molecule has 1 unspecified atom stereocenters. The van der Waals surface area contributed by atoms with E-state index in [2.05, 4.69) is 4.98 Å². The van der Waals surface area contributed by atoms with Crippen LogP contribution < -0.4 is 9.64 Å². The molecule has 3 aromatic rings. The Labute approximate surface area is 174 Å².